The molecule has 0 radical (unpaired) electrons. The largest absolute Gasteiger partial charge is 0.455 e. The molecule has 3 rings (SSSR count). The van der Waals surface area contributed by atoms with Crippen molar-refractivity contribution in [3.8, 4) is 11.5 Å². The molecule has 0 saturated heterocycles. The van der Waals surface area contributed by atoms with Crippen LogP contribution in [0.2, 0.25) is 0 Å². The second-order valence-electron chi connectivity index (χ2n) is 3.90. The average molecular weight is 300 g/mol. The van der Waals surface area contributed by atoms with Gasteiger partial charge in [-0.1, -0.05) is 30.3 Å². The number of nitrogens with zero attached hydrogens (tertiary/aromatic N) is 1. The number of aromatic nitrogens is 1. The van der Waals surface area contributed by atoms with E-state index in [1.807, 2.05) is 54.6 Å². The van der Waals surface area contributed by atoms with Gasteiger partial charge in [0.1, 0.15) is 11.5 Å². The zero-order chi connectivity index (χ0) is 12.4. The van der Waals surface area contributed by atoms with Gasteiger partial charge in [0.2, 0.25) is 0 Å². The van der Waals surface area contributed by atoms with Gasteiger partial charge >= 0.3 is 0 Å². The van der Waals surface area contributed by atoms with Crippen LogP contribution >= 0.6 is 15.9 Å². The van der Waals surface area contributed by atoms with Crippen LogP contribution in [-0.4, -0.2) is 4.98 Å². The Morgan fingerprint density at radius 1 is 0.944 bits per heavy atom. The molecule has 1 heterocycles. The van der Waals surface area contributed by atoms with Crippen molar-refractivity contribution >= 4 is 26.8 Å². The van der Waals surface area contributed by atoms with Crippen molar-refractivity contribution in [3.63, 3.8) is 0 Å². The van der Waals surface area contributed by atoms with Gasteiger partial charge in [0.15, 0.2) is 0 Å². The summed E-state index contributed by atoms with van der Waals surface area (Å²) in [5, 5.41) is 1.07. The van der Waals surface area contributed by atoms with Crippen LogP contribution in [0.1, 0.15) is 0 Å². The predicted molar refractivity (Wildman–Crippen MR) is 76.0 cm³/mol. The first-order valence-corrected chi connectivity index (χ1v) is 6.39. The van der Waals surface area contributed by atoms with E-state index in [1.54, 1.807) is 6.20 Å². The molecule has 18 heavy (non-hydrogen) atoms. The SMILES string of the molecule is Brc1ccccc1Oc1cnc2ccccc2c1. The Morgan fingerprint density at radius 3 is 2.61 bits per heavy atom. The molecule has 0 aliphatic heterocycles. The standard InChI is InChI=1S/C15H10BrNO/c16-13-6-2-4-8-15(13)18-12-9-11-5-1-3-7-14(11)17-10-12/h1-10H. The molecule has 3 aromatic rings. The maximum Gasteiger partial charge on any atom is 0.146 e. The van der Waals surface area contributed by atoms with Crippen molar-refractivity contribution in [3.05, 3.63) is 65.3 Å². The number of benzene rings is 2. The first kappa shape index (κ1) is 11.2. The van der Waals surface area contributed by atoms with Gasteiger partial charge in [-0.15, -0.1) is 0 Å². The molecule has 0 amide bonds. The molecule has 0 saturated carbocycles. The van der Waals surface area contributed by atoms with Gasteiger partial charge in [-0.2, -0.15) is 0 Å². The van der Waals surface area contributed by atoms with E-state index in [1.165, 1.54) is 0 Å². The van der Waals surface area contributed by atoms with Crippen LogP contribution in [0.3, 0.4) is 0 Å². The molecule has 0 bridgehead atoms. The fourth-order valence-electron chi connectivity index (χ4n) is 1.76. The van der Waals surface area contributed by atoms with Crippen LogP contribution in [0.25, 0.3) is 10.9 Å². The van der Waals surface area contributed by atoms with E-state index in [0.717, 1.165) is 26.9 Å². The van der Waals surface area contributed by atoms with Crippen LogP contribution in [0, 0.1) is 0 Å². The number of rotatable bonds is 2. The Hall–Kier alpha value is -1.87. The van der Waals surface area contributed by atoms with Crippen molar-refractivity contribution in [1.29, 1.82) is 0 Å². The zero-order valence-corrected chi connectivity index (χ0v) is 11.1. The molecule has 1 aromatic heterocycles. The summed E-state index contributed by atoms with van der Waals surface area (Å²) < 4.78 is 6.74. The molecular formula is C15H10BrNO. The number of para-hydroxylation sites is 2. The highest BCUT2D eigenvalue weighted by Gasteiger charge is 2.03. The molecule has 2 nitrogen and oxygen atoms in total. The van der Waals surface area contributed by atoms with Gasteiger partial charge in [-0.05, 0) is 40.2 Å². The highest BCUT2D eigenvalue weighted by molar-refractivity contribution is 9.10. The van der Waals surface area contributed by atoms with Crippen LogP contribution in [-0.2, 0) is 0 Å². The first-order valence-electron chi connectivity index (χ1n) is 5.60. The van der Waals surface area contributed by atoms with Crippen LogP contribution in [0.15, 0.2) is 65.3 Å². The number of pyridine rings is 1. The van der Waals surface area contributed by atoms with E-state index in [0.29, 0.717) is 0 Å². The van der Waals surface area contributed by atoms with E-state index >= 15 is 0 Å². The minimum atomic E-state index is 0.737. The van der Waals surface area contributed by atoms with Gasteiger partial charge in [-0.25, -0.2) is 0 Å². The van der Waals surface area contributed by atoms with Gasteiger partial charge in [0.25, 0.3) is 0 Å². The van der Waals surface area contributed by atoms with Gasteiger partial charge in [-0.3, -0.25) is 4.98 Å². The average Bonchev–Trinajstić information content (AvgIpc) is 2.41. The zero-order valence-electron chi connectivity index (χ0n) is 9.51. The molecule has 88 valence electrons. The molecule has 0 unspecified atom stereocenters. The third kappa shape index (κ3) is 2.22. The number of hydrogen-bond donors (Lipinski definition) is 0. The summed E-state index contributed by atoms with van der Waals surface area (Å²) in [6, 6.07) is 17.7. The summed E-state index contributed by atoms with van der Waals surface area (Å²) in [6.07, 6.45) is 1.74. The van der Waals surface area contributed by atoms with Crippen LogP contribution in [0.4, 0.5) is 0 Å². The lowest BCUT2D eigenvalue weighted by molar-refractivity contribution is 0.478. The molecule has 0 fully saturated rings. The second kappa shape index (κ2) is 4.78. The fourth-order valence-corrected chi connectivity index (χ4v) is 2.13. The van der Waals surface area contributed by atoms with Crippen molar-refractivity contribution in [1.82, 2.24) is 4.98 Å². The highest BCUT2D eigenvalue weighted by atomic mass is 79.9. The van der Waals surface area contributed by atoms with Crippen LogP contribution < -0.4 is 4.74 Å². The predicted octanol–water partition coefficient (Wildman–Crippen LogP) is 4.79. The summed E-state index contributed by atoms with van der Waals surface area (Å²) in [7, 11) is 0. The van der Waals surface area contributed by atoms with Crippen molar-refractivity contribution in [2.75, 3.05) is 0 Å². The van der Waals surface area contributed by atoms with Gasteiger partial charge in [0.05, 0.1) is 16.2 Å². The molecule has 2 aromatic carbocycles. The maximum atomic E-state index is 5.81. The Labute approximate surface area is 113 Å². The third-order valence-electron chi connectivity index (χ3n) is 2.63. The summed E-state index contributed by atoms with van der Waals surface area (Å²) >= 11 is 3.46. The van der Waals surface area contributed by atoms with Crippen molar-refractivity contribution in [2.24, 2.45) is 0 Å². The van der Waals surface area contributed by atoms with Crippen molar-refractivity contribution in [2.45, 2.75) is 0 Å². The Balaban J connectivity index is 1.98. The topological polar surface area (TPSA) is 22.1 Å². The minimum absolute atomic E-state index is 0.737. The Morgan fingerprint density at radius 2 is 1.72 bits per heavy atom. The van der Waals surface area contributed by atoms with Gasteiger partial charge < -0.3 is 4.74 Å². The Kier molecular flexibility index (Phi) is 2.99. The Bertz CT molecular complexity index is 697. The molecule has 0 N–H and O–H groups in total. The lowest BCUT2D eigenvalue weighted by Crippen LogP contribution is -1.87. The molecule has 0 spiro atoms. The summed E-state index contributed by atoms with van der Waals surface area (Å²) in [6.45, 7) is 0. The lowest BCUT2D eigenvalue weighted by Gasteiger charge is -2.07. The first-order chi connectivity index (χ1) is 8.83. The summed E-state index contributed by atoms with van der Waals surface area (Å²) in [5.74, 6) is 1.52. The van der Waals surface area contributed by atoms with Crippen LogP contribution in [0.5, 0.6) is 11.5 Å². The monoisotopic (exact) mass is 299 g/mol. The number of ether oxygens (including phenoxy) is 1. The van der Waals surface area contributed by atoms with E-state index in [-0.39, 0.29) is 0 Å². The molecule has 3 heteroatoms. The minimum Gasteiger partial charge on any atom is -0.455 e. The van der Waals surface area contributed by atoms with E-state index in [2.05, 4.69) is 20.9 Å². The number of hydrogen-bond acceptors (Lipinski definition) is 2. The van der Waals surface area contributed by atoms with E-state index < -0.39 is 0 Å². The molecule has 0 atom stereocenters. The lowest BCUT2D eigenvalue weighted by atomic mass is 10.2. The van der Waals surface area contributed by atoms with Crippen molar-refractivity contribution < 1.29 is 4.74 Å². The summed E-state index contributed by atoms with van der Waals surface area (Å²) in [5.41, 5.74) is 0.969. The summed E-state index contributed by atoms with van der Waals surface area (Å²) in [4.78, 5) is 4.37. The van der Waals surface area contributed by atoms with E-state index in [4.69, 9.17) is 4.74 Å². The second-order valence-corrected chi connectivity index (χ2v) is 4.75. The molecule has 0 aliphatic rings. The smallest absolute Gasteiger partial charge is 0.146 e. The fraction of sp³-hybridized carbons (Fsp3) is 0. The highest BCUT2D eigenvalue weighted by Crippen LogP contribution is 2.29. The number of halogens is 1. The molecular weight excluding hydrogens is 290 g/mol. The quantitative estimate of drug-likeness (QED) is 0.679. The third-order valence-corrected chi connectivity index (χ3v) is 3.28. The molecule has 0 aliphatic carbocycles. The van der Waals surface area contributed by atoms with Gasteiger partial charge in [0, 0.05) is 5.39 Å². The maximum absolute atomic E-state index is 5.81. The van der Waals surface area contributed by atoms with E-state index in [9.17, 15) is 0 Å². The number of fused-ring (bicyclic) bond motifs is 1. The normalized spacial score (nSPS) is 10.5.